The molecule has 92 valence electrons. The molecule has 1 N–H and O–H groups in total. The van der Waals surface area contributed by atoms with Crippen molar-refractivity contribution in [2.75, 3.05) is 0 Å². The quantitative estimate of drug-likeness (QED) is 0.867. The monoisotopic (exact) mass is 265 g/mol. The highest BCUT2D eigenvalue weighted by atomic mass is 35.5. The minimum Gasteiger partial charge on any atom is -0.481 e. The van der Waals surface area contributed by atoms with Gasteiger partial charge in [-0.1, -0.05) is 23.7 Å². The van der Waals surface area contributed by atoms with Gasteiger partial charge in [0.15, 0.2) is 0 Å². The summed E-state index contributed by atoms with van der Waals surface area (Å²) >= 11 is 5.81. The van der Waals surface area contributed by atoms with Crippen LogP contribution in [-0.4, -0.2) is 16.1 Å². The maximum Gasteiger partial charge on any atom is 0.307 e. The number of pyridine rings is 1. The van der Waals surface area contributed by atoms with Crippen molar-refractivity contribution in [3.8, 4) is 11.1 Å². The van der Waals surface area contributed by atoms with Crippen molar-refractivity contribution in [2.45, 2.75) is 6.42 Å². The second-order valence-electron chi connectivity index (χ2n) is 3.75. The van der Waals surface area contributed by atoms with Crippen LogP contribution < -0.4 is 0 Å². The first kappa shape index (κ1) is 12.5. The van der Waals surface area contributed by atoms with Crippen molar-refractivity contribution in [2.24, 2.45) is 0 Å². The Morgan fingerprint density at radius 2 is 2.11 bits per heavy atom. The number of nitrogens with zero attached hydrogens (tertiary/aromatic N) is 1. The first-order valence-corrected chi connectivity index (χ1v) is 5.56. The molecular formula is C13H9ClFNO2. The number of aromatic nitrogens is 1. The van der Waals surface area contributed by atoms with Crippen LogP contribution >= 0.6 is 11.6 Å². The average molecular weight is 266 g/mol. The lowest BCUT2D eigenvalue weighted by Gasteiger charge is -2.05. The number of aliphatic carboxylic acids is 1. The molecule has 0 atom stereocenters. The highest BCUT2D eigenvalue weighted by Gasteiger charge is 2.09. The fourth-order valence-electron chi connectivity index (χ4n) is 1.61. The minimum atomic E-state index is -0.991. The van der Waals surface area contributed by atoms with Gasteiger partial charge in [0, 0.05) is 17.3 Å². The SMILES string of the molecule is O=C(O)Cc1cc(-c2cccc(F)c2)cnc1Cl. The normalized spacial score (nSPS) is 10.3. The topological polar surface area (TPSA) is 50.2 Å². The van der Waals surface area contributed by atoms with E-state index in [1.165, 1.54) is 18.3 Å². The van der Waals surface area contributed by atoms with Gasteiger partial charge >= 0.3 is 5.97 Å². The van der Waals surface area contributed by atoms with Gasteiger partial charge in [0.1, 0.15) is 11.0 Å². The third-order valence-corrected chi connectivity index (χ3v) is 2.75. The third-order valence-electron chi connectivity index (χ3n) is 2.41. The van der Waals surface area contributed by atoms with Crippen LogP contribution in [0.25, 0.3) is 11.1 Å². The van der Waals surface area contributed by atoms with E-state index < -0.39 is 5.97 Å². The number of carboxylic acid groups (broad SMARTS) is 1. The molecule has 1 aromatic carbocycles. The maximum absolute atomic E-state index is 13.1. The summed E-state index contributed by atoms with van der Waals surface area (Å²) in [6.45, 7) is 0. The molecule has 0 spiro atoms. The van der Waals surface area contributed by atoms with Gasteiger partial charge in [-0.2, -0.15) is 0 Å². The molecule has 1 aromatic heterocycles. The number of carboxylic acids is 1. The van der Waals surface area contributed by atoms with E-state index in [0.717, 1.165) is 0 Å². The zero-order chi connectivity index (χ0) is 13.1. The molecule has 5 heteroatoms. The van der Waals surface area contributed by atoms with Gasteiger partial charge in [0.25, 0.3) is 0 Å². The van der Waals surface area contributed by atoms with Crippen molar-refractivity contribution < 1.29 is 14.3 Å². The van der Waals surface area contributed by atoms with Crippen LogP contribution in [0.2, 0.25) is 5.15 Å². The highest BCUT2D eigenvalue weighted by molar-refractivity contribution is 6.30. The van der Waals surface area contributed by atoms with Crippen LogP contribution in [0.3, 0.4) is 0 Å². The van der Waals surface area contributed by atoms with Gasteiger partial charge in [-0.3, -0.25) is 4.79 Å². The van der Waals surface area contributed by atoms with E-state index in [0.29, 0.717) is 16.7 Å². The first-order valence-electron chi connectivity index (χ1n) is 5.18. The van der Waals surface area contributed by atoms with Gasteiger partial charge in [-0.05, 0) is 23.8 Å². The van der Waals surface area contributed by atoms with E-state index in [1.54, 1.807) is 18.2 Å². The fraction of sp³-hybridized carbons (Fsp3) is 0.0769. The summed E-state index contributed by atoms with van der Waals surface area (Å²) in [4.78, 5) is 14.6. The maximum atomic E-state index is 13.1. The lowest BCUT2D eigenvalue weighted by atomic mass is 10.0. The Bertz CT molecular complexity index is 601. The van der Waals surface area contributed by atoms with Crippen molar-refractivity contribution in [3.05, 3.63) is 53.1 Å². The number of carbonyl (C=O) groups is 1. The number of benzene rings is 1. The Kier molecular flexibility index (Phi) is 3.58. The summed E-state index contributed by atoms with van der Waals surface area (Å²) < 4.78 is 13.1. The summed E-state index contributed by atoms with van der Waals surface area (Å²) in [5.74, 6) is -1.35. The first-order chi connectivity index (χ1) is 8.56. The van der Waals surface area contributed by atoms with E-state index in [2.05, 4.69) is 4.98 Å². The molecule has 0 aliphatic rings. The van der Waals surface area contributed by atoms with Gasteiger partial charge in [0.05, 0.1) is 6.42 Å². The molecule has 2 aromatic rings. The molecule has 2 rings (SSSR count). The summed E-state index contributed by atoms with van der Waals surface area (Å²) in [6.07, 6.45) is 1.28. The van der Waals surface area contributed by atoms with Crippen LogP contribution in [0.15, 0.2) is 36.5 Å². The van der Waals surface area contributed by atoms with Crippen molar-refractivity contribution >= 4 is 17.6 Å². The predicted octanol–water partition coefficient (Wildman–Crippen LogP) is 3.17. The Labute approximate surface area is 108 Å². The molecule has 0 aliphatic heterocycles. The fourth-order valence-corrected chi connectivity index (χ4v) is 1.78. The molecule has 0 saturated heterocycles. The standard InChI is InChI=1S/C13H9ClFNO2/c14-13-9(6-12(17)18)4-10(7-16-13)8-2-1-3-11(15)5-8/h1-5,7H,6H2,(H,17,18). The Hall–Kier alpha value is -1.94. The molecule has 0 bridgehead atoms. The highest BCUT2D eigenvalue weighted by Crippen LogP contribution is 2.24. The lowest BCUT2D eigenvalue weighted by molar-refractivity contribution is -0.136. The second kappa shape index (κ2) is 5.14. The predicted molar refractivity (Wildman–Crippen MR) is 66.0 cm³/mol. The molecule has 3 nitrogen and oxygen atoms in total. The van der Waals surface area contributed by atoms with E-state index in [1.807, 2.05) is 0 Å². The summed E-state index contributed by atoms with van der Waals surface area (Å²) in [7, 11) is 0. The number of hydrogen-bond donors (Lipinski definition) is 1. The molecule has 0 radical (unpaired) electrons. The Morgan fingerprint density at radius 3 is 2.78 bits per heavy atom. The van der Waals surface area contributed by atoms with Crippen molar-refractivity contribution in [1.29, 1.82) is 0 Å². The summed E-state index contributed by atoms with van der Waals surface area (Å²) in [6, 6.07) is 7.60. The smallest absolute Gasteiger partial charge is 0.307 e. The largest absolute Gasteiger partial charge is 0.481 e. The van der Waals surface area contributed by atoms with Crippen molar-refractivity contribution in [1.82, 2.24) is 4.98 Å². The molecule has 1 heterocycles. The van der Waals surface area contributed by atoms with Gasteiger partial charge in [0.2, 0.25) is 0 Å². The summed E-state index contributed by atoms with van der Waals surface area (Å²) in [5.41, 5.74) is 1.67. The number of halogens is 2. The van der Waals surface area contributed by atoms with Crippen LogP contribution in [0.1, 0.15) is 5.56 Å². The van der Waals surface area contributed by atoms with Gasteiger partial charge < -0.3 is 5.11 Å². The zero-order valence-corrected chi connectivity index (χ0v) is 9.99. The Morgan fingerprint density at radius 1 is 1.33 bits per heavy atom. The van der Waals surface area contributed by atoms with Crippen molar-refractivity contribution in [3.63, 3.8) is 0 Å². The molecule has 0 unspecified atom stereocenters. The molecular weight excluding hydrogens is 257 g/mol. The van der Waals surface area contributed by atoms with E-state index >= 15 is 0 Å². The zero-order valence-electron chi connectivity index (χ0n) is 9.23. The minimum absolute atomic E-state index is 0.151. The average Bonchev–Trinajstić information content (AvgIpc) is 2.31. The molecule has 0 saturated carbocycles. The van der Waals surface area contributed by atoms with Crippen LogP contribution in [0.5, 0.6) is 0 Å². The van der Waals surface area contributed by atoms with Gasteiger partial charge in [-0.25, -0.2) is 9.37 Å². The number of rotatable bonds is 3. The second-order valence-corrected chi connectivity index (χ2v) is 4.11. The van der Waals surface area contributed by atoms with E-state index in [-0.39, 0.29) is 17.4 Å². The molecule has 0 fully saturated rings. The Balaban J connectivity index is 2.43. The molecule has 0 amide bonds. The van der Waals surface area contributed by atoms with Crippen LogP contribution in [0.4, 0.5) is 4.39 Å². The van der Waals surface area contributed by atoms with E-state index in [4.69, 9.17) is 16.7 Å². The number of hydrogen-bond acceptors (Lipinski definition) is 2. The van der Waals surface area contributed by atoms with Gasteiger partial charge in [-0.15, -0.1) is 0 Å². The lowest BCUT2D eigenvalue weighted by Crippen LogP contribution is -2.02. The van der Waals surface area contributed by atoms with E-state index in [9.17, 15) is 9.18 Å². The molecule has 18 heavy (non-hydrogen) atoms. The molecule has 0 aliphatic carbocycles. The van der Waals surface area contributed by atoms with Crippen LogP contribution in [0, 0.1) is 5.82 Å². The third kappa shape index (κ3) is 2.84. The summed E-state index contributed by atoms with van der Waals surface area (Å²) in [5, 5.41) is 8.90. The van der Waals surface area contributed by atoms with Crippen LogP contribution in [-0.2, 0) is 11.2 Å².